The summed E-state index contributed by atoms with van der Waals surface area (Å²) in [5.41, 5.74) is 0. The smallest absolute Gasteiger partial charge is 0.0623 e. The van der Waals surface area contributed by atoms with E-state index in [0.29, 0.717) is 12.0 Å². The molecule has 2 heterocycles. The topological polar surface area (TPSA) is 24.5 Å². The lowest BCUT2D eigenvalue weighted by molar-refractivity contribution is 0.168. The summed E-state index contributed by atoms with van der Waals surface area (Å²) in [6.07, 6.45) is 4.16. The summed E-state index contributed by atoms with van der Waals surface area (Å²) in [6, 6.07) is 0.570. The minimum atomic E-state index is 0.570. The van der Waals surface area contributed by atoms with Crippen LogP contribution in [0.2, 0.25) is 0 Å². The van der Waals surface area contributed by atoms with Crippen molar-refractivity contribution >= 4 is 0 Å². The van der Waals surface area contributed by atoms with Crippen molar-refractivity contribution in [1.29, 1.82) is 0 Å². The zero-order valence-corrected chi connectivity index (χ0v) is 10.7. The number of ether oxygens (including phenoxy) is 1. The van der Waals surface area contributed by atoms with E-state index in [-0.39, 0.29) is 0 Å². The maximum Gasteiger partial charge on any atom is 0.0623 e. The molecule has 2 rings (SSSR count). The molecule has 0 saturated carbocycles. The Morgan fingerprint density at radius 3 is 2.94 bits per heavy atom. The van der Waals surface area contributed by atoms with Gasteiger partial charge in [-0.3, -0.25) is 0 Å². The quantitative estimate of drug-likeness (QED) is 0.786. The van der Waals surface area contributed by atoms with Crippen molar-refractivity contribution in [3.8, 4) is 0 Å². The molecule has 0 aromatic heterocycles. The van der Waals surface area contributed by atoms with Crippen molar-refractivity contribution in [2.45, 2.75) is 32.2 Å². The molecule has 2 saturated heterocycles. The fourth-order valence-electron chi connectivity index (χ4n) is 2.93. The van der Waals surface area contributed by atoms with E-state index < -0.39 is 0 Å². The molecule has 94 valence electrons. The van der Waals surface area contributed by atoms with Gasteiger partial charge in [-0.05, 0) is 45.3 Å². The van der Waals surface area contributed by atoms with E-state index >= 15 is 0 Å². The molecule has 2 aliphatic rings. The Morgan fingerprint density at radius 2 is 2.12 bits per heavy atom. The van der Waals surface area contributed by atoms with Crippen LogP contribution >= 0.6 is 0 Å². The highest BCUT2D eigenvalue weighted by atomic mass is 16.5. The first-order valence-electron chi connectivity index (χ1n) is 6.77. The SMILES string of the molecule is CNC1COCC1CN1CCCC(C)CC1. The Bertz CT molecular complexity index is 210. The fraction of sp³-hybridized carbons (Fsp3) is 1.00. The Labute approximate surface area is 99.5 Å². The average Bonchev–Trinajstić information content (AvgIpc) is 2.63. The van der Waals surface area contributed by atoms with Gasteiger partial charge in [0.05, 0.1) is 13.2 Å². The lowest BCUT2D eigenvalue weighted by Gasteiger charge is -2.26. The molecule has 1 N–H and O–H groups in total. The van der Waals surface area contributed by atoms with Gasteiger partial charge in [-0.25, -0.2) is 0 Å². The summed E-state index contributed by atoms with van der Waals surface area (Å²) in [7, 11) is 2.05. The van der Waals surface area contributed by atoms with E-state index in [1.165, 1.54) is 38.9 Å². The number of likely N-dealkylation sites (tertiary alicyclic amines) is 1. The van der Waals surface area contributed by atoms with Gasteiger partial charge < -0.3 is 15.0 Å². The summed E-state index contributed by atoms with van der Waals surface area (Å²) in [6.45, 7) is 8.02. The molecule has 2 aliphatic heterocycles. The lowest BCUT2D eigenvalue weighted by atomic mass is 10.0. The predicted octanol–water partition coefficient (Wildman–Crippen LogP) is 1.34. The highest BCUT2D eigenvalue weighted by Crippen LogP contribution is 2.20. The van der Waals surface area contributed by atoms with Gasteiger partial charge in [0.1, 0.15) is 0 Å². The first-order chi connectivity index (χ1) is 7.79. The zero-order valence-electron chi connectivity index (χ0n) is 10.7. The van der Waals surface area contributed by atoms with Crippen molar-refractivity contribution in [1.82, 2.24) is 10.2 Å². The van der Waals surface area contributed by atoms with Crippen molar-refractivity contribution in [3.05, 3.63) is 0 Å². The maximum absolute atomic E-state index is 5.57. The average molecular weight is 226 g/mol. The Kier molecular flexibility index (Phi) is 4.62. The molecule has 0 bridgehead atoms. The largest absolute Gasteiger partial charge is 0.379 e. The predicted molar refractivity (Wildman–Crippen MR) is 66.6 cm³/mol. The van der Waals surface area contributed by atoms with Gasteiger partial charge >= 0.3 is 0 Å². The van der Waals surface area contributed by atoms with Gasteiger partial charge in [0.15, 0.2) is 0 Å². The van der Waals surface area contributed by atoms with E-state index in [1.54, 1.807) is 0 Å². The first-order valence-corrected chi connectivity index (χ1v) is 6.77. The van der Waals surface area contributed by atoms with Crippen LogP contribution in [0, 0.1) is 11.8 Å². The number of hydrogen-bond acceptors (Lipinski definition) is 3. The van der Waals surface area contributed by atoms with Crippen LogP contribution in [-0.4, -0.2) is 50.8 Å². The molecule has 0 aliphatic carbocycles. The van der Waals surface area contributed by atoms with Crippen LogP contribution < -0.4 is 5.32 Å². The molecule has 0 aromatic rings. The third kappa shape index (κ3) is 3.19. The normalized spacial score (nSPS) is 37.5. The van der Waals surface area contributed by atoms with Gasteiger partial charge in [-0.2, -0.15) is 0 Å². The zero-order chi connectivity index (χ0) is 11.4. The monoisotopic (exact) mass is 226 g/mol. The van der Waals surface area contributed by atoms with E-state index in [0.717, 1.165) is 19.1 Å². The highest BCUT2D eigenvalue weighted by Gasteiger charge is 2.28. The molecular formula is C13H26N2O. The summed E-state index contributed by atoms with van der Waals surface area (Å²) >= 11 is 0. The van der Waals surface area contributed by atoms with Crippen LogP contribution in [-0.2, 0) is 4.74 Å². The van der Waals surface area contributed by atoms with Crippen molar-refractivity contribution < 1.29 is 4.74 Å². The van der Waals surface area contributed by atoms with Crippen LogP contribution in [0.15, 0.2) is 0 Å². The van der Waals surface area contributed by atoms with Crippen molar-refractivity contribution in [2.75, 3.05) is 39.9 Å². The molecule has 0 spiro atoms. The summed E-state index contributed by atoms with van der Waals surface area (Å²) in [5, 5.41) is 3.38. The van der Waals surface area contributed by atoms with Crippen LogP contribution in [0.1, 0.15) is 26.2 Å². The van der Waals surface area contributed by atoms with Gasteiger partial charge in [0.25, 0.3) is 0 Å². The van der Waals surface area contributed by atoms with E-state index in [1.807, 2.05) is 0 Å². The van der Waals surface area contributed by atoms with E-state index in [9.17, 15) is 0 Å². The fourth-order valence-corrected chi connectivity index (χ4v) is 2.93. The minimum Gasteiger partial charge on any atom is -0.379 e. The third-order valence-corrected chi connectivity index (χ3v) is 4.17. The molecule has 0 amide bonds. The first kappa shape index (κ1) is 12.3. The van der Waals surface area contributed by atoms with Gasteiger partial charge in [0.2, 0.25) is 0 Å². The Hall–Kier alpha value is -0.120. The summed E-state index contributed by atoms with van der Waals surface area (Å²) < 4.78 is 5.57. The van der Waals surface area contributed by atoms with Crippen molar-refractivity contribution in [3.63, 3.8) is 0 Å². The van der Waals surface area contributed by atoms with Crippen molar-refractivity contribution in [2.24, 2.45) is 11.8 Å². The van der Waals surface area contributed by atoms with Crippen LogP contribution in [0.4, 0.5) is 0 Å². The standard InChI is InChI=1S/C13H26N2O/c1-11-4-3-6-15(7-5-11)8-12-9-16-10-13(12)14-2/h11-14H,3-10H2,1-2H3. The number of likely N-dealkylation sites (N-methyl/N-ethyl adjacent to an activating group) is 1. The molecule has 0 aromatic carbocycles. The van der Waals surface area contributed by atoms with Gasteiger partial charge in [0, 0.05) is 18.5 Å². The Morgan fingerprint density at radius 1 is 1.25 bits per heavy atom. The molecule has 3 unspecified atom stereocenters. The molecule has 3 atom stereocenters. The summed E-state index contributed by atoms with van der Waals surface area (Å²) in [4.78, 5) is 2.65. The van der Waals surface area contributed by atoms with E-state index in [4.69, 9.17) is 4.74 Å². The van der Waals surface area contributed by atoms with Crippen LogP contribution in [0.25, 0.3) is 0 Å². The second kappa shape index (κ2) is 5.99. The summed E-state index contributed by atoms with van der Waals surface area (Å²) in [5.74, 6) is 1.61. The molecule has 3 nitrogen and oxygen atoms in total. The number of rotatable bonds is 3. The van der Waals surface area contributed by atoms with Crippen LogP contribution in [0.5, 0.6) is 0 Å². The number of hydrogen-bond donors (Lipinski definition) is 1. The minimum absolute atomic E-state index is 0.570. The Balaban J connectivity index is 1.79. The second-order valence-electron chi connectivity index (χ2n) is 5.53. The second-order valence-corrected chi connectivity index (χ2v) is 5.53. The van der Waals surface area contributed by atoms with Crippen LogP contribution in [0.3, 0.4) is 0 Å². The van der Waals surface area contributed by atoms with E-state index in [2.05, 4.69) is 24.2 Å². The molecule has 3 heteroatoms. The molecular weight excluding hydrogens is 200 g/mol. The third-order valence-electron chi connectivity index (χ3n) is 4.17. The molecule has 0 radical (unpaired) electrons. The molecule has 2 fully saturated rings. The van der Waals surface area contributed by atoms with Gasteiger partial charge in [-0.1, -0.05) is 6.92 Å². The number of nitrogens with one attached hydrogen (secondary N) is 1. The van der Waals surface area contributed by atoms with Gasteiger partial charge in [-0.15, -0.1) is 0 Å². The maximum atomic E-state index is 5.57. The lowest BCUT2D eigenvalue weighted by Crippen LogP contribution is -2.40. The molecule has 16 heavy (non-hydrogen) atoms. The highest BCUT2D eigenvalue weighted by molar-refractivity contribution is 4.83. The number of nitrogens with zero attached hydrogens (tertiary/aromatic N) is 1.